The molecule has 0 aliphatic carbocycles. The standard InChI is InChI=1S/C19H32N2/c1-16(2)19(21-13-7-8-14-21)15-20-17(3)11-12-18-9-5-4-6-10-18/h4-6,9-10,16-17,19-20H,7-8,11-15H2,1-3H3. The van der Waals surface area contributed by atoms with Crippen LogP contribution in [0.1, 0.15) is 45.6 Å². The highest BCUT2D eigenvalue weighted by Gasteiger charge is 2.24. The van der Waals surface area contributed by atoms with Crippen molar-refractivity contribution >= 4 is 0 Å². The van der Waals surface area contributed by atoms with Crippen molar-refractivity contribution in [1.82, 2.24) is 10.2 Å². The summed E-state index contributed by atoms with van der Waals surface area (Å²) < 4.78 is 0. The van der Waals surface area contributed by atoms with Crippen molar-refractivity contribution in [2.24, 2.45) is 5.92 Å². The first-order valence-electron chi connectivity index (χ1n) is 8.68. The molecular weight excluding hydrogens is 256 g/mol. The van der Waals surface area contributed by atoms with Crippen LogP contribution in [0, 0.1) is 5.92 Å². The summed E-state index contributed by atoms with van der Waals surface area (Å²) in [5, 5.41) is 3.77. The van der Waals surface area contributed by atoms with Gasteiger partial charge in [0, 0.05) is 18.6 Å². The van der Waals surface area contributed by atoms with Gasteiger partial charge in [0.15, 0.2) is 0 Å². The van der Waals surface area contributed by atoms with Crippen molar-refractivity contribution in [3.05, 3.63) is 35.9 Å². The molecule has 0 amide bonds. The van der Waals surface area contributed by atoms with E-state index in [2.05, 4.69) is 61.3 Å². The molecule has 0 saturated carbocycles. The van der Waals surface area contributed by atoms with E-state index < -0.39 is 0 Å². The molecule has 118 valence electrons. The molecule has 2 nitrogen and oxygen atoms in total. The van der Waals surface area contributed by atoms with E-state index in [1.165, 1.54) is 44.3 Å². The van der Waals surface area contributed by atoms with Gasteiger partial charge in [-0.2, -0.15) is 0 Å². The molecule has 2 rings (SSSR count). The van der Waals surface area contributed by atoms with Crippen molar-refractivity contribution in [3.63, 3.8) is 0 Å². The zero-order valence-corrected chi connectivity index (χ0v) is 14.0. The molecule has 1 aromatic rings. The molecule has 0 spiro atoms. The highest BCUT2D eigenvalue weighted by Crippen LogP contribution is 2.17. The van der Waals surface area contributed by atoms with Crippen LogP contribution in [0.3, 0.4) is 0 Å². The Labute approximate surface area is 130 Å². The smallest absolute Gasteiger partial charge is 0.0243 e. The number of hydrogen-bond donors (Lipinski definition) is 1. The van der Waals surface area contributed by atoms with Gasteiger partial charge in [-0.1, -0.05) is 44.2 Å². The van der Waals surface area contributed by atoms with Crippen molar-refractivity contribution in [2.45, 2.75) is 58.5 Å². The predicted molar refractivity (Wildman–Crippen MR) is 91.7 cm³/mol. The SMILES string of the molecule is CC(CCc1ccccc1)NCC(C(C)C)N1CCCC1. The third-order valence-corrected chi connectivity index (χ3v) is 4.76. The van der Waals surface area contributed by atoms with Crippen LogP contribution in [0.15, 0.2) is 30.3 Å². The lowest BCUT2D eigenvalue weighted by Crippen LogP contribution is -2.46. The van der Waals surface area contributed by atoms with E-state index in [0.717, 1.165) is 12.5 Å². The summed E-state index contributed by atoms with van der Waals surface area (Å²) in [5.74, 6) is 0.733. The van der Waals surface area contributed by atoms with E-state index >= 15 is 0 Å². The molecule has 0 radical (unpaired) electrons. The average molecular weight is 288 g/mol. The maximum absolute atomic E-state index is 3.77. The zero-order valence-electron chi connectivity index (χ0n) is 14.0. The first-order chi connectivity index (χ1) is 10.2. The van der Waals surface area contributed by atoms with Crippen molar-refractivity contribution in [2.75, 3.05) is 19.6 Å². The number of nitrogens with zero attached hydrogens (tertiary/aromatic N) is 1. The Hall–Kier alpha value is -0.860. The first-order valence-corrected chi connectivity index (χ1v) is 8.68. The lowest BCUT2D eigenvalue weighted by molar-refractivity contribution is 0.182. The molecule has 2 heteroatoms. The number of rotatable bonds is 8. The third kappa shape index (κ3) is 5.44. The Kier molecular flexibility index (Phi) is 6.72. The number of benzene rings is 1. The van der Waals surface area contributed by atoms with E-state index in [9.17, 15) is 0 Å². The second-order valence-corrected chi connectivity index (χ2v) is 6.89. The largest absolute Gasteiger partial charge is 0.313 e. The lowest BCUT2D eigenvalue weighted by atomic mass is 10.0. The van der Waals surface area contributed by atoms with Gasteiger partial charge < -0.3 is 5.32 Å². The Bertz CT molecular complexity index is 382. The summed E-state index contributed by atoms with van der Waals surface area (Å²) in [6, 6.07) is 12.1. The summed E-state index contributed by atoms with van der Waals surface area (Å²) >= 11 is 0. The minimum atomic E-state index is 0.592. The number of likely N-dealkylation sites (tertiary alicyclic amines) is 1. The van der Waals surface area contributed by atoms with Gasteiger partial charge >= 0.3 is 0 Å². The molecule has 1 aromatic carbocycles. The fourth-order valence-corrected chi connectivity index (χ4v) is 3.31. The first kappa shape index (κ1) is 16.5. The maximum Gasteiger partial charge on any atom is 0.0243 e. The van der Waals surface area contributed by atoms with Crippen molar-refractivity contribution in [3.8, 4) is 0 Å². The molecule has 2 unspecified atom stereocenters. The predicted octanol–water partition coefficient (Wildman–Crippen LogP) is 3.72. The highest BCUT2D eigenvalue weighted by atomic mass is 15.2. The number of aryl methyl sites for hydroxylation is 1. The summed E-state index contributed by atoms with van der Waals surface area (Å²) in [4.78, 5) is 2.68. The molecular formula is C19H32N2. The van der Waals surface area contributed by atoms with Crippen LogP contribution < -0.4 is 5.32 Å². The number of hydrogen-bond acceptors (Lipinski definition) is 2. The fourth-order valence-electron chi connectivity index (χ4n) is 3.31. The Morgan fingerprint density at radius 1 is 1.05 bits per heavy atom. The van der Waals surface area contributed by atoms with Crippen LogP contribution in [0.2, 0.25) is 0 Å². The molecule has 0 bridgehead atoms. The molecule has 1 fully saturated rings. The van der Waals surface area contributed by atoms with E-state index in [-0.39, 0.29) is 0 Å². The van der Waals surface area contributed by atoms with Gasteiger partial charge in [0.05, 0.1) is 0 Å². The summed E-state index contributed by atoms with van der Waals surface area (Å²) in [5.41, 5.74) is 1.45. The van der Waals surface area contributed by atoms with Crippen LogP contribution in [0.4, 0.5) is 0 Å². The van der Waals surface area contributed by atoms with Crippen molar-refractivity contribution < 1.29 is 0 Å². The van der Waals surface area contributed by atoms with Gasteiger partial charge in [0.2, 0.25) is 0 Å². The van der Waals surface area contributed by atoms with E-state index in [1.807, 2.05) is 0 Å². The third-order valence-electron chi connectivity index (χ3n) is 4.76. The topological polar surface area (TPSA) is 15.3 Å². The summed E-state index contributed by atoms with van der Waals surface area (Å²) in [7, 11) is 0. The summed E-state index contributed by atoms with van der Waals surface area (Å²) in [6.45, 7) is 10.8. The fraction of sp³-hybridized carbons (Fsp3) is 0.684. The molecule has 2 atom stereocenters. The van der Waals surface area contributed by atoms with Gasteiger partial charge in [-0.3, -0.25) is 4.90 Å². The van der Waals surface area contributed by atoms with E-state index in [4.69, 9.17) is 0 Å². The monoisotopic (exact) mass is 288 g/mol. The Balaban J connectivity index is 1.72. The van der Waals surface area contributed by atoms with Gasteiger partial charge in [0.1, 0.15) is 0 Å². The van der Waals surface area contributed by atoms with E-state index in [1.54, 1.807) is 0 Å². The van der Waals surface area contributed by atoms with Crippen LogP contribution in [0.5, 0.6) is 0 Å². The molecule has 1 N–H and O–H groups in total. The molecule has 0 aromatic heterocycles. The number of nitrogens with one attached hydrogen (secondary N) is 1. The zero-order chi connectivity index (χ0) is 15.1. The van der Waals surface area contributed by atoms with Gasteiger partial charge in [-0.15, -0.1) is 0 Å². The van der Waals surface area contributed by atoms with Gasteiger partial charge in [-0.25, -0.2) is 0 Å². The van der Waals surface area contributed by atoms with Crippen LogP contribution in [-0.4, -0.2) is 36.6 Å². The quantitative estimate of drug-likeness (QED) is 0.784. The summed E-state index contributed by atoms with van der Waals surface area (Å²) in [6.07, 6.45) is 5.15. The molecule has 1 saturated heterocycles. The Morgan fingerprint density at radius 2 is 1.71 bits per heavy atom. The normalized spacial score (nSPS) is 19.0. The minimum Gasteiger partial charge on any atom is -0.313 e. The molecule has 21 heavy (non-hydrogen) atoms. The average Bonchev–Trinajstić information content (AvgIpc) is 3.00. The second kappa shape index (κ2) is 8.55. The lowest BCUT2D eigenvalue weighted by Gasteiger charge is -2.32. The molecule has 1 aliphatic heterocycles. The van der Waals surface area contributed by atoms with E-state index in [0.29, 0.717) is 12.1 Å². The van der Waals surface area contributed by atoms with Gasteiger partial charge in [-0.05, 0) is 57.2 Å². The molecule has 1 aliphatic rings. The second-order valence-electron chi connectivity index (χ2n) is 6.89. The highest BCUT2D eigenvalue weighted by molar-refractivity contribution is 5.14. The Morgan fingerprint density at radius 3 is 2.33 bits per heavy atom. The van der Waals surface area contributed by atoms with Crippen LogP contribution in [-0.2, 0) is 6.42 Å². The minimum absolute atomic E-state index is 0.592. The maximum atomic E-state index is 3.77. The van der Waals surface area contributed by atoms with Crippen LogP contribution in [0.25, 0.3) is 0 Å². The van der Waals surface area contributed by atoms with Crippen LogP contribution >= 0.6 is 0 Å². The van der Waals surface area contributed by atoms with Gasteiger partial charge in [0.25, 0.3) is 0 Å². The molecule has 1 heterocycles. The van der Waals surface area contributed by atoms with Crippen molar-refractivity contribution in [1.29, 1.82) is 0 Å².